The lowest BCUT2D eigenvalue weighted by atomic mass is 9.81. The molecule has 0 radical (unpaired) electrons. The number of fused-ring (bicyclic) bond motifs is 1. The minimum absolute atomic E-state index is 0.0222. The van der Waals surface area contributed by atoms with Crippen molar-refractivity contribution in [3.63, 3.8) is 0 Å². The molecule has 6 heteroatoms. The zero-order chi connectivity index (χ0) is 16.2. The molecule has 0 saturated carbocycles. The molecule has 1 aromatic carbocycles. The number of carbonyl (C=O) groups excluding carboxylic acids is 1. The Morgan fingerprint density at radius 1 is 1.32 bits per heavy atom. The smallest absolute Gasteiger partial charge is 0.227 e. The Balaban J connectivity index is 2.08. The molecular formula is C16H23ClN2O3. The molecule has 0 atom stereocenters. The molecule has 22 heavy (non-hydrogen) atoms. The first-order valence-corrected chi connectivity index (χ1v) is 8.00. The van der Waals surface area contributed by atoms with Gasteiger partial charge < -0.3 is 20.5 Å². The van der Waals surface area contributed by atoms with Crippen LogP contribution in [0.2, 0.25) is 5.02 Å². The first-order valence-electron chi connectivity index (χ1n) is 7.62. The Labute approximate surface area is 136 Å². The van der Waals surface area contributed by atoms with E-state index in [9.17, 15) is 4.79 Å². The molecule has 0 bridgehead atoms. The van der Waals surface area contributed by atoms with Crippen LogP contribution in [-0.4, -0.2) is 25.7 Å². The maximum atomic E-state index is 12.4. The summed E-state index contributed by atoms with van der Waals surface area (Å²) in [6.07, 6.45) is 1.43. The number of halogens is 1. The second kappa shape index (κ2) is 7.20. The Morgan fingerprint density at radius 3 is 2.64 bits per heavy atom. The molecule has 122 valence electrons. The van der Waals surface area contributed by atoms with Crippen molar-refractivity contribution in [2.45, 2.75) is 33.2 Å². The predicted octanol–water partition coefficient (Wildman–Crippen LogP) is 2.49. The van der Waals surface area contributed by atoms with Gasteiger partial charge in [0.15, 0.2) is 11.5 Å². The van der Waals surface area contributed by atoms with Gasteiger partial charge in [-0.05, 0) is 30.5 Å². The zero-order valence-electron chi connectivity index (χ0n) is 13.1. The lowest BCUT2D eigenvalue weighted by Gasteiger charge is -2.28. The molecule has 0 aliphatic carbocycles. The maximum absolute atomic E-state index is 12.4. The number of amides is 1. The quantitative estimate of drug-likeness (QED) is 0.842. The predicted molar refractivity (Wildman–Crippen MR) is 86.4 cm³/mol. The largest absolute Gasteiger partial charge is 0.486 e. The van der Waals surface area contributed by atoms with Gasteiger partial charge in [0.25, 0.3) is 0 Å². The van der Waals surface area contributed by atoms with E-state index in [4.69, 9.17) is 26.8 Å². The van der Waals surface area contributed by atoms with Gasteiger partial charge >= 0.3 is 0 Å². The van der Waals surface area contributed by atoms with E-state index in [1.807, 2.05) is 19.9 Å². The molecule has 2 rings (SSSR count). The molecule has 1 amide bonds. The molecule has 1 aromatic rings. The van der Waals surface area contributed by atoms with Gasteiger partial charge in [-0.3, -0.25) is 4.79 Å². The fourth-order valence-electron chi connectivity index (χ4n) is 2.59. The van der Waals surface area contributed by atoms with E-state index < -0.39 is 5.41 Å². The van der Waals surface area contributed by atoms with Gasteiger partial charge in [-0.1, -0.05) is 25.4 Å². The fraction of sp³-hybridized carbons (Fsp3) is 0.562. The van der Waals surface area contributed by atoms with Gasteiger partial charge in [0.05, 0.1) is 10.4 Å². The normalized spacial score (nSPS) is 13.8. The Bertz CT molecular complexity index is 536. The number of hydrogen-bond donors (Lipinski definition) is 2. The van der Waals surface area contributed by atoms with Crippen LogP contribution >= 0.6 is 11.6 Å². The van der Waals surface area contributed by atoms with Crippen molar-refractivity contribution in [3.8, 4) is 11.5 Å². The van der Waals surface area contributed by atoms with Crippen LogP contribution in [-0.2, 0) is 11.3 Å². The first kappa shape index (κ1) is 16.9. The van der Waals surface area contributed by atoms with Gasteiger partial charge in [0.2, 0.25) is 5.91 Å². The van der Waals surface area contributed by atoms with E-state index in [1.54, 1.807) is 6.07 Å². The van der Waals surface area contributed by atoms with Crippen molar-refractivity contribution >= 4 is 17.5 Å². The Kier molecular flexibility index (Phi) is 5.53. The molecule has 0 aromatic heterocycles. The van der Waals surface area contributed by atoms with E-state index >= 15 is 0 Å². The summed E-state index contributed by atoms with van der Waals surface area (Å²) in [5, 5.41) is 3.45. The molecule has 5 nitrogen and oxygen atoms in total. The number of rotatable bonds is 6. The highest BCUT2D eigenvalue weighted by molar-refractivity contribution is 6.32. The SMILES string of the molecule is CCC(CC)(CN)C(=O)NCc1cc(Cl)c2c(c1)OCCO2. The summed E-state index contributed by atoms with van der Waals surface area (Å²) in [5.41, 5.74) is 6.17. The van der Waals surface area contributed by atoms with Crippen LogP contribution in [0.3, 0.4) is 0 Å². The number of nitrogens with two attached hydrogens (primary N) is 1. The maximum Gasteiger partial charge on any atom is 0.227 e. The van der Waals surface area contributed by atoms with Gasteiger partial charge in [-0.15, -0.1) is 0 Å². The van der Waals surface area contributed by atoms with Crippen molar-refractivity contribution in [2.24, 2.45) is 11.1 Å². The van der Waals surface area contributed by atoms with Crippen molar-refractivity contribution < 1.29 is 14.3 Å². The first-order chi connectivity index (χ1) is 10.6. The molecule has 3 N–H and O–H groups in total. The number of hydrogen-bond acceptors (Lipinski definition) is 4. The highest BCUT2D eigenvalue weighted by Crippen LogP contribution is 2.38. The lowest BCUT2D eigenvalue weighted by molar-refractivity contribution is -0.131. The molecule has 0 saturated heterocycles. The van der Waals surface area contributed by atoms with Crippen LogP contribution in [0.1, 0.15) is 32.3 Å². The topological polar surface area (TPSA) is 73.6 Å². The second-order valence-corrected chi connectivity index (χ2v) is 5.88. The number of benzene rings is 1. The van der Waals surface area contributed by atoms with E-state index in [0.29, 0.717) is 55.7 Å². The highest BCUT2D eigenvalue weighted by atomic mass is 35.5. The third-order valence-corrected chi connectivity index (χ3v) is 4.62. The second-order valence-electron chi connectivity index (χ2n) is 5.48. The summed E-state index contributed by atoms with van der Waals surface area (Å²) >= 11 is 6.20. The standard InChI is InChI=1S/C16H23ClN2O3/c1-3-16(4-2,10-18)15(20)19-9-11-7-12(17)14-13(8-11)21-5-6-22-14/h7-8H,3-6,9-10,18H2,1-2H3,(H,19,20). The van der Waals surface area contributed by atoms with Crippen molar-refractivity contribution in [3.05, 3.63) is 22.7 Å². The van der Waals surface area contributed by atoms with E-state index in [0.717, 1.165) is 5.56 Å². The third-order valence-electron chi connectivity index (χ3n) is 4.34. The summed E-state index contributed by atoms with van der Waals surface area (Å²) in [5.74, 6) is 1.17. The molecule has 1 heterocycles. The minimum Gasteiger partial charge on any atom is -0.486 e. The van der Waals surface area contributed by atoms with Gasteiger partial charge in [-0.2, -0.15) is 0 Å². The number of carbonyl (C=O) groups is 1. The zero-order valence-corrected chi connectivity index (χ0v) is 13.8. The number of nitrogens with one attached hydrogen (secondary N) is 1. The van der Waals surface area contributed by atoms with Crippen LogP contribution < -0.4 is 20.5 Å². The van der Waals surface area contributed by atoms with Crippen LogP contribution in [0, 0.1) is 5.41 Å². The molecule has 1 aliphatic rings. The van der Waals surface area contributed by atoms with Crippen molar-refractivity contribution in [2.75, 3.05) is 19.8 Å². The summed E-state index contributed by atoms with van der Waals surface area (Å²) < 4.78 is 11.0. The van der Waals surface area contributed by atoms with Gasteiger partial charge in [0.1, 0.15) is 13.2 Å². The number of ether oxygens (including phenoxy) is 2. The van der Waals surface area contributed by atoms with E-state index in [-0.39, 0.29) is 5.91 Å². The van der Waals surface area contributed by atoms with Crippen molar-refractivity contribution in [1.29, 1.82) is 0 Å². The average molecular weight is 327 g/mol. The van der Waals surface area contributed by atoms with Crippen LogP contribution in [0.4, 0.5) is 0 Å². The Hall–Kier alpha value is -1.46. The lowest BCUT2D eigenvalue weighted by Crippen LogP contribution is -2.45. The molecule has 0 unspecified atom stereocenters. The van der Waals surface area contributed by atoms with Gasteiger partial charge in [-0.25, -0.2) is 0 Å². The third kappa shape index (κ3) is 3.31. The molecular weight excluding hydrogens is 304 g/mol. The fourth-order valence-corrected chi connectivity index (χ4v) is 2.88. The van der Waals surface area contributed by atoms with Crippen LogP contribution in [0.5, 0.6) is 11.5 Å². The summed E-state index contributed by atoms with van der Waals surface area (Å²) in [6.45, 7) is 5.69. The summed E-state index contributed by atoms with van der Waals surface area (Å²) in [6, 6.07) is 3.64. The molecule has 0 spiro atoms. The van der Waals surface area contributed by atoms with Crippen molar-refractivity contribution in [1.82, 2.24) is 5.32 Å². The van der Waals surface area contributed by atoms with Gasteiger partial charge in [0, 0.05) is 13.1 Å². The van der Waals surface area contributed by atoms with E-state index in [1.165, 1.54) is 0 Å². The summed E-state index contributed by atoms with van der Waals surface area (Å²) in [7, 11) is 0. The molecule has 1 aliphatic heterocycles. The average Bonchev–Trinajstić information content (AvgIpc) is 2.55. The summed E-state index contributed by atoms with van der Waals surface area (Å²) in [4.78, 5) is 12.4. The highest BCUT2D eigenvalue weighted by Gasteiger charge is 2.33. The monoisotopic (exact) mass is 326 g/mol. The molecule has 0 fully saturated rings. The van der Waals surface area contributed by atoms with Crippen LogP contribution in [0.25, 0.3) is 0 Å². The minimum atomic E-state index is -0.502. The Morgan fingerprint density at radius 2 is 2.00 bits per heavy atom. The van der Waals surface area contributed by atoms with Crippen LogP contribution in [0.15, 0.2) is 12.1 Å². The van der Waals surface area contributed by atoms with E-state index in [2.05, 4.69) is 5.32 Å².